The van der Waals surface area contributed by atoms with Gasteiger partial charge in [0.2, 0.25) is 5.91 Å². The molecule has 3 aromatic rings. The van der Waals surface area contributed by atoms with E-state index in [0.29, 0.717) is 18.4 Å². The molecule has 1 aliphatic carbocycles. The summed E-state index contributed by atoms with van der Waals surface area (Å²) in [5.74, 6) is 0.346. The number of nitrogens with one attached hydrogen (secondary N) is 2. The van der Waals surface area contributed by atoms with E-state index < -0.39 is 6.04 Å². The standard InChI is InChI=1S/C28H31N3O2/c1-17(2)13-25(33)31-23-12-8-7-11-21(23)30-22-14-28(3,4)15-24(32)26(22)27(31)19-16-29-20-10-6-5-9-18(19)20/h5-12,16-17,27,29-30H,13-15H2,1-4H3/t27-/m1/s1. The van der Waals surface area contributed by atoms with Gasteiger partial charge in [-0.15, -0.1) is 0 Å². The summed E-state index contributed by atoms with van der Waals surface area (Å²) >= 11 is 0. The van der Waals surface area contributed by atoms with Crippen molar-refractivity contribution in [1.29, 1.82) is 0 Å². The maximum absolute atomic E-state index is 13.8. The Morgan fingerprint density at radius 1 is 1.09 bits per heavy atom. The quantitative estimate of drug-likeness (QED) is 0.497. The lowest BCUT2D eigenvalue weighted by Crippen LogP contribution is -2.39. The number of ketones is 1. The second-order valence-electron chi connectivity index (χ2n) is 10.5. The molecule has 0 fully saturated rings. The predicted molar refractivity (Wildman–Crippen MR) is 133 cm³/mol. The van der Waals surface area contributed by atoms with Gasteiger partial charge in [-0.1, -0.05) is 58.0 Å². The molecule has 5 heteroatoms. The van der Waals surface area contributed by atoms with E-state index in [-0.39, 0.29) is 23.0 Å². The number of rotatable bonds is 3. The number of carbonyl (C=O) groups excluding carboxylic acids is 2. The van der Waals surface area contributed by atoms with E-state index in [2.05, 4.69) is 44.1 Å². The molecule has 33 heavy (non-hydrogen) atoms. The zero-order valence-corrected chi connectivity index (χ0v) is 19.7. The van der Waals surface area contributed by atoms with E-state index >= 15 is 0 Å². The van der Waals surface area contributed by atoms with Crippen molar-refractivity contribution in [2.24, 2.45) is 11.3 Å². The number of anilines is 2. The number of allylic oxidation sites excluding steroid dienone is 1. The van der Waals surface area contributed by atoms with Crippen LogP contribution in [0, 0.1) is 11.3 Å². The molecule has 1 aliphatic heterocycles. The first-order chi connectivity index (χ1) is 15.7. The predicted octanol–water partition coefficient (Wildman–Crippen LogP) is 6.36. The lowest BCUT2D eigenvalue weighted by Gasteiger charge is -2.37. The van der Waals surface area contributed by atoms with Crippen LogP contribution in [0.2, 0.25) is 0 Å². The highest BCUT2D eigenvalue weighted by atomic mass is 16.2. The molecule has 0 radical (unpaired) electrons. The Hall–Kier alpha value is -3.34. The first-order valence-corrected chi connectivity index (χ1v) is 11.8. The van der Waals surface area contributed by atoms with Crippen LogP contribution in [0.25, 0.3) is 10.9 Å². The van der Waals surface area contributed by atoms with E-state index in [1.54, 1.807) is 0 Å². The number of amides is 1. The molecule has 2 aliphatic rings. The summed E-state index contributed by atoms with van der Waals surface area (Å²) in [6.45, 7) is 8.38. The summed E-state index contributed by atoms with van der Waals surface area (Å²) in [5.41, 5.74) is 5.15. The van der Waals surface area contributed by atoms with Gasteiger partial charge in [0.25, 0.3) is 0 Å². The number of carbonyl (C=O) groups is 2. The molecular formula is C28H31N3O2. The van der Waals surface area contributed by atoms with Crippen LogP contribution in [0.15, 0.2) is 66.0 Å². The second kappa shape index (κ2) is 7.91. The summed E-state index contributed by atoms with van der Waals surface area (Å²) in [5, 5.41) is 4.62. The van der Waals surface area contributed by atoms with Gasteiger partial charge >= 0.3 is 0 Å². The highest BCUT2D eigenvalue weighted by molar-refractivity contribution is 6.07. The molecule has 2 heterocycles. The van der Waals surface area contributed by atoms with Crippen LogP contribution >= 0.6 is 0 Å². The normalized spacial score (nSPS) is 19.8. The molecule has 1 aromatic heterocycles. The summed E-state index contributed by atoms with van der Waals surface area (Å²) in [4.78, 5) is 32.8. The van der Waals surface area contributed by atoms with Gasteiger partial charge in [-0.25, -0.2) is 0 Å². The maximum Gasteiger partial charge on any atom is 0.228 e. The van der Waals surface area contributed by atoms with Gasteiger partial charge in [-0.2, -0.15) is 0 Å². The van der Waals surface area contributed by atoms with Crippen molar-refractivity contribution in [2.45, 2.75) is 53.0 Å². The van der Waals surface area contributed by atoms with Crippen LogP contribution in [0.3, 0.4) is 0 Å². The molecule has 2 aromatic carbocycles. The fourth-order valence-corrected chi connectivity index (χ4v) is 5.32. The topological polar surface area (TPSA) is 65.2 Å². The SMILES string of the molecule is CC(C)CC(=O)N1c2ccccc2NC2=C(C(=O)CC(C)(C)C2)[C@H]1c1c[nH]c2ccccc12. The minimum Gasteiger partial charge on any atom is -0.361 e. The first-order valence-electron chi connectivity index (χ1n) is 11.8. The number of hydrogen-bond donors (Lipinski definition) is 2. The van der Waals surface area contributed by atoms with E-state index in [0.717, 1.165) is 40.0 Å². The zero-order valence-electron chi connectivity index (χ0n) is 19.7. The third-order valence-corrected chi connectivity index (χ3v) is 6.67. The van der Waals surface area contributed by atoms with Gasteiger partial charge in [-0.3, -0.25) is 14.5 Å². The number of nitrogens with zero attached hydrogens (tertiary/aromatic N) is 1. The number of aromatic amines is 1. The Morgan fingerprint density at radius 3 is 2.61 bits per heavy atom. The molecule has 0 spiro atoms. The van der Waals surface area contributed by atoms with Crippen LogP contribution in [0.5, 0.6) is 0 Å². The van der Waals surface area contributed by atoms with Gasteiger partial charge in [0.1, 0.15) is 0 Å². The summed E-state index contributed by atoms with van der Waals surface area (Å²) in [6.07, 6.45) is 3.61. The van der Waals surface area contributed by atoms with Crippen molar-refractivity contribution >= 4 is 34.0 Å². The van der Waals surface area contributed by atoms with Gasteiger partial charge in [0.15, 0.2) is 5.78 Å². The van der Waals surface area contributed by atoms with Crippen molar-refractivity contribution in [1.82, 2.24) is 4.98 Å². The Morgan fingerprint density at radius 2 is 1.82 bits per heavy atom. The lowest BCUT2D eigenvalue weighted by molar-refractivity contribution is -0.120. The summed E-state index contributed by atoms with van der Waals surface area (Å²) in [6, 6.07) is 15.5. The molecule has 0 unspecified atom stereocenters. The van der Waals surface area contributed by atoms with Crippen LogP contribution in [-0.4, -0.2) is 16.7 Å². The third-order valence-electron chi connectivity index (χ3n) is 6.67. The second-order valence-corrected chi connectivity index (χ2v) is 10.5. The molecule has 170 valence electrons. The molecule has 0 saturated heterocycles. The molecule has 1 amide bonds. The number of para-hydroxylation sites is 3. The van der Waals surface area contributed by atoms with Crippen LogP contribution < -0.4 is 10.2 Å². The van der Waals surface area contributed by atoms with E-state index in [4.69, 9.17) is 0 Å². The van der Waals surface area contributed by atoms with Crippen molar-refractivity contribution in [3.8, 4) is 0 Å². The molecule has 2 N–H and O–H groups in total. The Balaban J connectivity index is 1.81. The van der Waals surface area contributed by atoms with Gasteiger partial charge < -0.3 is 10.3 Å². The smallest absolute Gasteiger partial charge is 0.228 e. The number of Topliss-reactive ketones (excluding diaryl/α,β-unsaturated/α-hetero) is 1. The number of aromatic nitrogens is 1. The first kappa shape index (κ1) is 21.5. The van der Waals surface area contributed by atoms with Crippen molar-refractivity contribution < 1.29 is 9.59 Å². The van der Waals surface area contributed by atoms with Crippen LogP contribution in [0.1, 0.15) is 58.6 Å². The highest BCUT2D eigenvalue weighted by Gasteiger charge is 2.43. The van der Waals surface area contributed by atoms with Crippen molar-refractivity contribution in [3.63, 3.8) is 0 Å². The lowest BCUT2D eigenvalue weighted by atomic mass is 9.73. The average Bonchev–Trinajstić information content (AvgIpc) is 3.09. The molecule has 1 atom stereocenters. The Labute approximate surface area is 194 Å². The summed E-state index contributed by atoms with van der Waals surface area (Å²) in [7, 11) is 0. The van der Waals surface area contributed by atoms with E-state index in [1.165, 1.54) is 0 Å². The van der Waals surface area contributed by atoms with Gasteiger partial charge in [0.05, 0.1) is 17.4 Å². The fraction of sp³-hybridized carbons (Fsp3) is 0.357. The number of fused-ring (bicyclic) bond motifs is 2. The van der Waals surface area contributed by atoms with Gasteiger partial charge in [0, 0.05) is 46.8 Å². The molecular weight excluding hydrogens is 410 g/mol. The number of hydrogen-bond acceptors (Lipinski definition) is 3. The Kier molecular flexibility index (Phi) is 5.15. The Bertz CT molecular complexity index is 1280. The highest BCUT2D eigenvalue weighted by Crippen LogP contribution is 2.49. The van der Waals surface area contributed by atoms with E-state index in [1.807, 2.05) is 53.6 Å². The molecule has 0 bridgehead atoms. The average molecular weight is 442 g/mol. The number of H-pyrrole nitrogens is 1. The summed E-state index contributed by atoms with van der Waals surface area (Å²) < 4.78 is 0. The van der Waals surface area contributed by atoms with Crippen LogP contribution in [0.4, 0.5) is 11.4 Å². The van der Waals surface area contributed by atoms with E-state index in [9.17, 15) is 9.59 Å². The minimum absolute atomic E-state index is 0.0286. The molecule has 0 saturated carbocycles. The zero-order chi connectivity index (χ0) is 23.3. The monoisotopic (exact) mass is 441 g/mol. The molecule has 5 rings (SSSR count). The fourth-order valence-electron chi connectivity index (χ4n) is 5.32. The minimum atomic E-state index is -0.484. The van der Waals surface area contributed by atoms with Crippen LogP contribution in [-0.2, 0) is 9.59 Å². The maximum atomic E-state index is 13.8. The largest absolute Gasteiger partial charge is 0.361 e. The van der Waals surface area contributed by atoms with Gasteiger partial charge in [-0.05, 0) is 36.0 Å². The third kappa shape index (κ3) is 3.75. The number of benzene rings is 2. The molecule has 5 nitrogen and oxygen atoms in total. The van der Waals surface area contributed by atoms with Crippen molar-refractivity contribution in [2.75, 3.05) is 10.2 Å². The van der Waals surface area contributed by atoms with Crippen molar-refractivity contribution in [3.05, 3.63) is 71.6 Å².